The normalized spacial score (nSPS) is 12.0. The second-order valence-electron chi connectivity index (χ2n) is 4.60. The quantitative estimate of drug-likeness (QED) is 0.873. The van der Waals surface area contributed by atoms with E-state index in [2.05, 4.69) is 0 Å². The summed E-state index contributed by atoms with van der Waals surface area (Å²) < 4.78 is 0. The van der Waals surface area contributed by atoms with Gasteiger partial charge in [-0.3, -0.25) is 4.79 Å². The van der Waals surface area contributed by atoms with Crippen molar-refractivity contribution >= 4 is 34.8 Å². The van der Waals surface area contributed by atoms with E-state index in [1.165, 1.54) is 4.90 Å². The maximum absolute atomic E-state index is 11.8. The van der Waals surface area contributed by atoms with Crippen molar-refractivity contribution in [1.29, 1.82) is 0 Å². The number of carbonyl (C=O) groups is 1. The number of alkyl halides is 1. The van der Waals surface area contributed by atoms with Crippen LogP contribution in [0.15, 0.2) is 48.5 Å². The number of aliphatic hydroxyl groups excluding tert-OH is 1. The molecule has 0 aliphatic heterocycles. The van der Waals surface area contributed by atoms with Crippen molar-refractivity contribution in [2.75, 3.05) is 17.8 Å². The summed E-state index contributed by atoms with van der Waals surface area (Å²) in [6, 6.07) is 14.2. The smallest absolute Gasteiger partial charge is 0.241 e. The molecule has 1 amide bonds. The molecule has 0 bridgehead atoms. The second kappa shape index (κ2) is 6.94. The first-order chi connectivity index (χ1) is 10.0. The Hall–Kier alpha value is -1.55. The van der Waals surface area contributed by atoms with Crippen LogP contribution in [0.3, 0.4) is 0 Å². The molecule has 0 aromatic heterocycles. The summed E-state index contributed by atoms with van der Waals surface area (Å²) in [6.45, 7) is 0. The molecule has 110 valence electrons. The summed E-state index contributed by atoms with van der Waals surface area (Å²) in [5.41, 5.74) is 1.88. The molecule has 0 radical (unpaired) electrons. The molecule has 2 aromatic rings. The van der Waals surface area contributed by atoms with Crippen molar-refractivity contribution in [1.82, 2.24) is 0 Å². The number of hydrogen-bond donors (Lipinski definition) is 1. The first-order valence-electron chi connectivity index (χ1n) is 6.39. The van der Waals surface area contributed by atoms with Crippen molar-refractivity contribution < 1.29 is 9.90 Å². The number of carbonyl (C=O) groups excluding carboxylic acids is 1. The predicted molar refractivity (Wildman–Crippen MR) is 86.1 cm³/mol. The number of halogens is 2. The molecular weight excluding hydrogens is 309 g/mol. The largest absolute Gasteiger partial charge is 0.384 e. The minimum Gasteiger partial charge on any atom is -0.384 e. The lowest BCUT2D eigenvalue weighted by Gasteiger charge is -2.23. The highest BCUT2D eigenvalue weighted by atomic mass is 35.5. The third-order valence-electron chi connectivity index (χ3n) is 3.25. The van der Waals surface area contributed by atoms with Crippen LogP contribution in [0, 0.1) is 0 Å². The van der Waals surface area contributed by atoms with Gasteiger partial charge in [0.1, 0.15) is 12.0 Å². The summed E-state index contributed by atoms with van der Waals surface area (Å²) in [6.07, 6.45) is -0.870. The lowest BCUT2D eigenvalue weighted by atomic mass is 9.99. The number of benzene rings is 2. The molecule has 2 aromatic carbocycles. The molecule has 2 rings (SSSR count). The van der Waals surface area contributed by atoms with Crippen LogP contribution >= 0.6 is 23.2 Å². The number of hydrogen-bond acceptors (Lipinski definition) is 2. The Kier molecular flexibility index (Phi) is 5.23. The maximum Gasteiger partial charge on any atom is 0.241 e. The molecule has 3 nitrogen and oxygen atoms in total. The van der Waals surface area contributed by atoms with Crippen LogP contribution in [0.1, 0.15) is 17.2 Å². The Bertz CT molecular complexity index is 631. The molecule has 0 saturated heterocycles. The van der Waals surface area contributed by atoms with E-state index in [0.717, 1.165) is 5.56 Å². The zero-order valence-electron chi connectivity index (χ0n) is 11.5. The van der Waals surface area contributed by atoms with Gasteiger partial charge in [0.2, 0.25) is 5.91 Å². The maximum atomic E-state index is 11.8. The molecular formula is C16H15Cl2NO2. The van der Waals surface area contributed by atoms with E-state index >= 15 is 0 Å². The highest BCUT2D eigenvalue weighted by Crippen LogP contribution is 2.32. The van der Waals surface area contributed by atoms with Crippen LogP contribution in [-0.4, -0.2) is 23.9 Å². The summed E-state index contributed by atoms with van der Waals surface area (Å²) in [5.74, 6) is -0.375. The Morgan fingerprint density at radius 3 is 2.52 bits per heavy atom. The molecule has 0 aliphatic rings. The molecule has 0 aliphatic carbocycles. The van der Waals surface area contributed by atoms with E-state index in [9.17, 15) is 9.90 Å². The van der Waals surface area contributed by atoms with Gasteiger partial charge in [0.05, 0.1) is 0 Å². The number of aliphatic hydroxyl groups is 1. The van der Waals surface area contributed by atoms with Gasteiger partial charge in [0.15, 0.2) is 0 Å². The number of anilines is 1. The summed E-state index contributed by atoms with van der Waals surface area (Å²) in [5, 5.41) is 11.1. The van der Waals surface area contributed by atoms with Crippen molar-refractivity contribution in [3.63, 3.8) is 0 Å². The SMILES string of the molecule is CN(C(=O)CCl)c1ccc(Cl)cc1C(O)c1ccccc1. The molecule has 0 spiro atoms. The molecule has 1 N–H and O–H groups in total. The van der Waals surface area contributed by atoms with Crippen molar-refractivity contribution in [2.24, 2.45) is 0 Å². The lowest BCUT2D eigenvalue weighted by Crippen LogP contribution is -2.28. The van der Waals surface area contributed by atoms with Gasteiger partial charge in [0, 0.05) is 23.3 Å². The average molecular weight is 324 g/mol. The van der Waals surface area contributed by atoms with Gasteiger partial charge in [-0.15, -0.1) is 11.6 Å². The van der Waals surface area contributed by atoms with Crippen LogP contribution in [0.2, 0.25) is 5.02 Å². The van der Waals surface area contributed by atoms with E-state index in [0.29, 0.717) is 16.3 Å². The minimum atomic E-state index is -0.870. The highest BCUT2D eigenvalue weighted by Gasteiger charge is 2.20. The minimum absolute atomic E-state index is 0.125. The van der Waals surface area contributed by atoms with Crippen LogP contribution in [0.5, 0.6) is 0 Å². The predicted octanol–water partition coefficient (Wildman–Crippen LogP) is 3.62. The van der Waals surface area contributed by atoms with Gasteiger partial charge < -0.3 is 10.0 Å². The monoisotopic (exact) mass is 323 g/mol. The molecule has 21 heavy (non-hydrogen) atoms. The van der Waals surface area contributed by atoms with Gasteiger partial charge in [0.25, 0.3) is 0 Å². The fraction of sp³-hybridized carbons (Fsp3) is 0.188. The van der Waals surface area contributed by atoms with Gasteiger partial charge in [-0.25, -0.2) is 0 Å². The van der Waals surface area contributed by atoms with Crippen molar-refractivity contribution in [3.8, 4) is 0 Å². The first kappa shape index (κ1) is 15.8. The van der Waals surface area contributed by atoms with E-state index in [4.69, 9.17) is 23.2 Å². The standard InChI is InChI=1S/C16H15Cl2NO2/c1-19(15(20)10-17)14-8-7-12(18)9-13(14)16(21)11-5-3-2-4-6-11/h2-9,16,21H,10H2,1H3. The Morgan fingerprint density at radius 2 is 1.90 bits per heavy atom. The van der Waals surface area contributed by atoms with Crippen molar-refractivity contribution in [2.45, 2.75) is 6.10 Å². The molecule has 1 atom stereocenters. The van der Waals surface area contributed by atoms with E-state index < -0.39 is 6.10 Å². The van der Waals surface area contributed by atoms with Gasteiger partial charge in [-0.2, -0.15) is 0 Å². The number of nitrogens with zero attached hydrogens (tertiary/aromatic N) is 1. The molecule has 0 fully saturated rings. The number of amides is 1. The number of rotatable bonds is 4. The van der Waals surface area contributed by atoms with Crippen molar-refractivity contribution in [3.05, 3.63) is 64.7 Å². The molecule has 1 unspecified atom stereocenters. The Labute approximate surface area is 133 Å². The first-order valence-corrected chi connectivity index (χ1v) is 7.31. The average Bonchev–Trinajstić information content (AvgIpc) is 2.53. The second-order valence-corrected chi connectivity index (χ2v) is 5.31. The third-order valence-corrected chi connectivity index (χ3v) is 3.71. The molecule has 0 heterocycles. The van der Waals surface area contributed by atoms with E-state index in [1.54, 1.807) is 25.2 Å². The third kappa shape index (κ3) is 3.56. The lowest BCUT2D eigenvalue weighted by molar-refractivity contribution is -0.116. The molecule has 5 heteroatoms. The van der Waals surface area contributed by atoms with E-state index in [-0.39, 0.29) is 11.8 Å². The highest BCUT2D eigenvalue weighted by molar-refractivity contribution is 6.31. The van der Waals surface area contributed by atoms with Crippen LogP contribution in [0.25, 0.3) is 0 Å². The summed E-state index contributed by atoms with van der Waals surface area (Å²) in [4.78, 5) is 13.2. The zero-order valence-corrected chi connectivity index (χ0v) is 13.0. The van der Waals surface area contributed by atoms with Gasteiger partial charge >= 0.3 is 0 Å². The van der Waals surface area contributed by atoms with E-state index in [1.807, 2.05) is 30.3 Å². The van der Waals surface area contributed by atoms with Gasteiger partial charge in [-0.1, -0.05) is 41.9 Å². The summed E-state index contributed by atoms with van der Waals surface area (Å²) >= 11 is 11.6. The topological polar surface area (TPSA) is 40.5 Å². The molecule has 0 saturated carbocycles. The Morgan fingerprint density at radius 1 is 1.24 bits per heavy atom. The zero-order chi connectivity index (χ0) is 15.4. The summed E-state index contributed by atoms with van der Waals surface area (Å²) in [7, 11) is 1.62. The Balaban J connectivity index is 2.47. The fourth-order valence-corrected chi connectivity index (χ4v) is 2.45. The van der Waals surface area contributed by atoms with Crippen LogP contribution < -0.4 is 4.90 Å². The van der Waals surface area contributed by atoms with Gasteiger partial charge in [-0.05, 0) is 23.8 Å². The fourth-order valence-electron chi connectivity index (χ4n) is 2.09. The van der Waals surface area contributed by atoms with Crippen LogP contribution in [0.4, 0.5) is 5.69 Å². The van der Waals surface area contributed by atoms with Crippen LogP contribution in [-0.2, 0) is 4.79 Å².